The molecule has 0 fully saturated rings. The van der Waals surface area contributed by atoms with Gasteiger partial charge >= 0.3 is 0 Å². The summed E-state index contributed by atoms with van der Waals surface area (Å²) in [5.41, 5.74) is 0.851. The van der Waals surface area contributed by atoms with Crippen LogP contribution in [-0.2, 0) is 9.59 Å². The van der Waals surface area contributed by atoms with Crippen LogP contribution in [0.3, 0.4) is 0 Å². The minimum Gasteiger partial charge on any atom is -0.376 e. The van der Waals surface area contributed by atoms with Crippen LogP contribution in [0.4, 0.5) is 5.69 Å². The highest BCUT2D eigenvalue weighted by Crippen LogP contribution is 2.03. The van der Waals surface area contributed by atoms with Crippen molar-refractivity contribution in [3.63, 3.8) is 0 Å². The Morgan fingerprint density at radius 1 is 1.31 bits per heavy atom. The Labute approximate surface area is 75.9 Å². The van der Waals surface area contributed by atoms with Crippen molar-refractivity contribution < 1.29 is 9.59 Å². The summed E-state index contributed by atoms with van der Waals surface area (Å²) >= 11 is 0. The summed E-state index contributed by atoms with van der Waals surface area (Å²) < 4.78 is 0. The van der Waals surface area contributed by atoms with E-state index in [1.165, 1.54) is 0 Å². The van der Waals surface area contributed by atoms with E-state index < -0.39 is 0 Å². The second kappa shape index (κ2) is 4.92. The molecule has 0 spiro atoms. The van der Waals surface area contributed by atoms with Crippen molar-refractivity contribution >= 4 is 18.0 Å². The predicted octanol–water partition coefficient (Wildman–Crippen LogP) is 0.371. The molecule has 1 aromatic carbocycles. The van der Waals surface area contributed by atoms with Gasteiger partial charge in [-0.2, -0.15) is 0 Å². The van der Waals surface area contributed by atoms with E-state index in [9.17, 15) is 9.59 Å². The standard InChI is InChI=1S/C9H10N2O2/c12-7-11-9(13)6-10-8-4-2-1-3-5-8/h1-5,7,10H,6H2,(H,11,12,13). The van der Waals surface area contributed by atoms with Crippen LogP contribution in [0.5, 0.6) is 0 Å². The Hall–Kier alpha value is -1.84. The quantitative estimate of drug-likeness (QED) is 0.655. The molecule has 0 heterocycles. The second-order valence-corrected chi connectivity index (χ2v) is 2.40. The minimum atomic E-state index is -0.348. The zero-order chi connectivity index (χ0) is 9.52. The molecule has 68 valence electrons. The number of para-hydroxylation sites is 1. The van der Waals surface area contributed by atoms with Crippen molar-refractivity contribution in [2.24, 2.45) is 0 Å². The number of imide groups is 1. The normalized spacial score (nSPS) is 8.92. The van der Waals surface area contributed by atoms with Gasteiger partial charge in [0.2, 0.25) is 12.3 Å². The first kappa shape index (κ1) is 9.25. The SMILES string of the molecule is O=CNC(=O)CNc1ccccc1. The maximum atomic E-state index is 10.8. The molecule has 4 nitrogen and oxygen atoms in total. The average molecular weight is 178 g/mol. The summed E-state index contributed by atoms with van der Waals surface area (Å²) in [6, 6.07) is 9.29. The highest BCUT2D eigenvalue weighted by atomic mass is 16.2. The van der Waals surface area contributed by atoms with Gasteiger partial charge in [0.1, 0.15) is 0 Å². The molecule has 0 aromatic heterocycles. The van der Waals surface area contributed by atoms with Gasteiger partial charge in [0.25, 0.3) is 0 Å². The molecule has 4 heteroatoms. The molecule has 0 atom stereocenters. The van der Waals surface area contributed by atoms with Crippen LogP contribution < -0.4 is 10.6 Å². The van der Waals surface area contributed by atoms with Crippen molar-refractivity contribution in [3.8, 4) is 0 Å². The van der Waals surface area contributed by atoms with Crippen LogP contribution in [0.2, 0.25) is 0 Å². The molecule has 2 amide bonds. The number of hydrogen-bond donors (Lipinski definition) is 2. The summed E-state index contributed by atoms with van der Waals surface area (Å²) in [7, 11) is 0. The summed E-state index contributed by atoms with van der Waals surface area (Å²) in [6.45, 7) is 0.1000. The van der Waals surface area contributed by atoms with E-state index in [1.54, 1.807) is 0 Å². The zero-order valence-corrected chi connectivity index (χ0v) is 6.99. The highest BCUT2D eigenvalue weighted by Gasteiger charge is 1.97. The summed E-state index contributed by atoms with van der Waals surface area (Å²) in [4.78, 5) is 20.7. The van der Waals surface area contributed by atoms with E-state index in [4.69, 9.17) is 0 Å². The number of carbonyl (C=O) groups excluding carboxylic acids is 2. The van der Waals surface area contributed by atoms with E-state index in [1.807, 2.05) is 35.6 Å². The first-order valence-corrected chi connectivity index (χ1v) is 3.85. The Bertz CT molecular complexity index is 285. The smallest absolute Gasteiger partial charge is 0.245 e. The largest absolute Gasteiger partial charge is 0.376 e. The first-order chi connectivity index (χ1) is 6.33. The molecule has 2 N–H and O–H groups in total. The third kappa shape index (κ3) is 3.37. The molecule has 1 rings (SSSR count). The third-order valence-electron chi connectivity index (χ3n) is 1.45. The van der Waals surface area contributed by atoms with Crippen LogP contribution in [-0.4, -0.2) is 18.9 Å². The number of benzene rings is 1. The Morgan fingerprint density at radius 3 is 2.62 bits per heavy atom. The Kier molecular flexibility index (Phi) is 3.50. The number of nitrogens with one attached hydrogen (secondary N) is 2. The van der Waals surface area contributed by atoms with Gasteiger partial charge in [0.15, 0.2) is 0 Å². The van der Waals surface area contributed by atoms with Crippen molar-refractivity contribution in [3.05, 3.63) is 30.3 Å². The summed E-state index contributed by atoms with van der Waals surface area (Å²) in [5.74, 6) is -0.348. The lowest BCUT2D eigenvalue weighted by Crippen LogP contribution is -2.28. The molecule has 1 aromatic rings. The van der Waals surface area contributed by atoms with E-state index in [2.05, 4.69) is 5.32 Å². The molecule has 0 saturated carbocycles. The van der Waals surface area contributed by atoms with Gasteiger partial charge in [-0.25, -0.2) is 0 Å². The molecule has 0 bridgehead atoms. The Balaban J connectivity index is 2.35. The topological polar surface area (TPSA) is 58.2 Å². The molecule has 0 saturated heterocycles. The van der Waals surface area contributed by atoms with Gasteiger partial charge in [-0.1, -0.05) is 18.2 Å². The van der Waals surface area contributed by atoms with Gasteiger partial charge in [-0.05, 0) is 12.1 Å². The Morgan fingerprint density at radius 2 is 2.00 bits per heavy atom. The van der Waals surface area contributed by atoms with E-state index in [0.29, 0.717) is 6.41 Å². The van der Waals surface area contributed by atoms with Gasteiger partial charge < -0.3 is 5.32 Å². The van der Waals surface area contributed by atoms with E-state index in [0.717, 1.165) is 5.69 Å². The molecule has 0 unspecified atom stereocenters. The van der Waals surface area contributed by atoms with Crippen LogP contribution >= 0.6 is 0 Å². The van der Waals surface area contributed by atoms with Crippen molar-refractivity contribution in [1.82, 2.24) is 5.32 Å². The fourth-order valence-electron chi connectivity index (χ4n) is 0.855. The molecule has 0 radical (unpaired) electrons. The maximum absolute atomic E-state index is 10.8. The van der Waals surface area contributed by atoms with E-state index in [-0.39, 0.29) is 12.5 Å². The highest BCUT2D eigenvalue weighted by molar-refractivity contribution is 5.88. The second-order valence-electron chi connectivity index (χ2n) is 2.40. The van der Waals surface area contributed by atoms with E-state index >= 15 is 0 Å². The summed E-state index contributed by atoms with van der Waals surface area (Å²) in [5, 5.41) is 4.89. The third-order valence-corrected chi connectivity index (χ3v) is 1.45. The van der Waals surface area contributed by atoms with Crippen molar-refractivity contribution in [1.29, 1.82) is 0 Å². The molecular formula is C9H10N2O2. The zero-order valence-electron chi connectivity index (χ0n) is 6.99. The fraction of sp³-hybridized carbons (Fsp3) is 0.111. The van der Waals surface area contributed by atoms with Gasteiger partial charge in [0, 0.05) is 5.69 Å². The lowest BCUT2D eigenvalue weighted by atomic mass is 10.3. The maximum Gasteiger partial charge on any atom is 0.245 e. The molecular weight excluding hydrogens is 168 g/mol. The van der Waals surface area contributed by atoms with Crippen LogP contribution in [0.15, 0.2) is 30.3 Å². The van der Waals surface area contributed by atoms with Gasteiger partial charge in [0.05, 0.1) is 6.54 Å². The lowest BCUT2D eigenvalue weighted by Gasteiger charge is -2.03. The molecule has 13 heavy (non-hydrogen) atoms. The average Bonchev–Trinajstić information content (AvgIpc) is 2.17. The number of amides is 2. The molecule has 0 aliphatic carbocycles. The first-order valence-electron chi connectivity index (χ1n) is 3.85. The monoisotopic (exact) mass is 178 g/mol. The van der Waals surface area contributed by atoms with Gasteiger partial charge in [-0.15, -0.1) is 0 Å². The van der Waals surface area contributed by atoms with Crippen LogP contribution in [0, 0.1) is 0 Å². The molecule has 0 aliphatic rings. The lowest BCUT2D eigenvalue weighted by molar-refractivity contribution is -0.123. The van der Waals surface area contributed by atoms with Crippen LogP contribution in [0.1, 0.15) is 0 Å². The minimum absolute atomic E-state index is 0.1000. The van der Waals surface area contributed by atoms with Crippen molar-refractivity contribution in [2.75, 3.05) is 11.9 Å². The molecule has 0 aliphatic heterocycles. The van der Waals surface area contributed by atoms with Gasteiger partial charge in [-0.3, -0.25) is 14.9 Å². The fourth-order valence-corrected chi connectivity index (χ4v) is 0.855. The number of anilines is 1. The number of carbonyl (C=O) groups is 2. The predicted molar refractivity (Wildman–Crippen MR) is 49.1 cm³/mol. The number of hydrogen-bond acceptors (Lipinski definition) is 3. The van der Waals surface area contributed by atoms with Crippen LogP contribution in [0.25, 0.3) is 0 Å². The van der Waals surface area contributed by atoms with Crippen molar-refractivity contribution in [2.45, 2.75) is 0 Å². The number of rotatable bonds is 4. The summed E-state index contributed by atoms with van der Waals surface area (Å²) in [6.07, 6.45) is 0.370.